The van der Waals surface area contributed by atoms with E-state index in [9.17, 15) is 4.79 Å². The molecule has 0 radical (unpaired) electrons. The number of carbonyl (C=O) groups is 1. The molecule has 2 N–H and O–H groups in total. The minimum absolute atomic E-state index is 0.155. The third-order valence-electron chi connectivity index (χ3n) is 2.04. The predicted octanol–water partition coefficient (Wildman–Crippen LogP) is 2.54. The van der Waals surface area contributed by atoms with Crippen molar-refractivity contribution < 1.29 is 15.0 Å². The Morgan fingerprint density at radius 3 is 2.53 bits per heavy atom. The predicted molar refractivity (Wildman–Crippen MR) is 58.5 cm³/mol. The van der Waals surface area contributed by atoms with E-state index in [-0.39, 0.29) is 13.0 Å². The number of hydrogen-bond acceptors (Lipinski definition) is 2. The van der Waals surface area contributed by atoms with Crippen LogP contribution in [0.15, 0.2) is 18.2 Å². The van der Waals surface area contributed by atoms with Crippen LogP contribution in [0.3, 0.4) is 0 Å². The fourth-order valence-corrected chi connectivity index (χ4v) is 1.88. The second-order valence-electron chi connectivity index (χ2n) is 3.14. The molecule has 1 rings (SSSR count). The summed E-state index contributed by atoms with van der Waals surface area (Å²) in [4.78, 5) is 10.5. The minimum atomic E-state index is -0.972. The molecule has 1 unspecified atom stereocenters. The smallest absolute Gasteiger partial charge is 0.304 e. The van der Waals surface area contributed by atoms with Gasteiger partial charge in [-0.3, -0.25) is 4.79 Å². The molecule has 0 aliphatic carbocycles. The number of halogens is 2. The summed E-state index contributed by atoms with van der Waals surface area (Å²) in [6.45, 7) is -0.256. The minimum Gasteiger partial charge on any atom is -0.481 e. The Morgan fingerprint density at radius 1 is 1.40 bits per heavy atom. The molecule has 0 amide bonds. The summed E-state index contributed by atoms with van der Waals surface area (Å²) in [5.74, 6) is -1.47. The SMILES string of the molecule is O=C(O)CC(CO)c1ccc(Cl)cc1Cl. The summed E-state index contributed by atoms with van der Waals surface area (Å²) >= 11 is 11.6. The van der Waals surface area contributed by atoms with Crippen LogP contribution in [0.4, 0.5) is 0 Å². The fourth-order valence-electron chi connectivity index (χ4n) is 1.32. The Hall–Kier alpha value is -0.770. The normalized spacial score (nSPS) is 12.5. The molecule has 82 valence electrons. The van der Waals surface area contributed by atoms with Crippen molar-refractivity contribution in [2.75, 3.05) is 6.61 Å². The molecular formula is C10H10Cl2O3. The molecule has 0 aliphatic heterocycles. The van der Waals surface area contributed by atoms with E-state index >= 15 is 0 Å². The van der Waals surface area contributed by atoms with Crippen LogP contribution in [0.1, 0.15) is 17.9 Å². The first kappa shape index (κ1) is 12.3. The standard InChI is InChI=1S/C10H10Cl2O3/c11-7-1-2-8(9(12)4-7)6(5-13)3-10(14)15/h1-2,4,6,13H,3,5H2,(H,14,15). The number of carboxylic acids is 1. The molecule has 1 aromatic carbocycles. The van der Waals surface area contributed by atoms with Crippen molar-refractivity contribution in [1.82, 2.24) is 0 Å². The lowest BCUT2D eigenvalue weighted by Gasteiger charge is -2.13. The van der Waals surface area contributed by atoms with Gasteiger partial charge in [-0.25, -0.2) is 0 Å². The van der Waals surface area contributed by atoms with Crippen LogP contribution in [0, 0.1) is 0 Å². The lowest BCUT2D eigenvalue weighted by atomic mass is 9.97. The van der Waals surface area contributed by atoms with Crippen LogP contribution < -0.4 is 0 Å². The number of benzene rings is 1. The van der Waals surface area contributed by atoms with Crippen LogP contribution in [0.25, 0.3) is 0 Å². The van der Waals surface area contributed by atoms with Gasteiger partial charge in [-0.05, 0) is 17.7 Å². The molecule has 1 aromatic rings. The van der Waals surface area contributed by atoms with Gasteiger partial charge in [-0.15, -0.1) is 0 Å². The van der Waals surface area contributed by atoms with E-state index in [2.05, 4.69) is 0 Å². The number of carboxylic acid groups (broad SMARTS) is 1. The van der Waals surface area contributed by atoms with Crippen molar-refractivity contribution in [2.45, 2.75) is 12.3 Å². The molecule has 0 aliphatic rings. The van der Waals surface area contributed by atoms with Gasteiger partial charge in [-0.1, -0.05) is 29.3 Å². The monoisotopic (exact) mass is 248 g/mol. The Bertz CT molecular complexity index is 366. The molecule has 0 heterocycles. The number of aliphatic hydroxyl groups excluding tert-OH is 1. The van der Waals surface area contributed by atoms with E-state index in [1.54, 1.807) is 12.1 Å². The first-order valence-electron chi connectivity index (χ1n) is 4.32. The summed E-state index contributed by atoms with van der Waals surface area (Å²) in [5, 5.41) is 18.6. The first-order chi connectivity index (χ1) is 7.04. The van der Waals surface area contributed by atoms with Gasteiger partial charge in [0.15, 0.2) is 0 Å². The number of hydrogen-bond donors (Lipinski definition) is 2. The van der Waals surface area contributed by atoms with E-state index in [1.807, 2.05) is 0 Å². The van der Waals surface area contributed by atoms with E-state index in [1.165, 1.54) is 6.07 Å². The van der Waals surface area contributed by atoms with Gasteiger partial charge >= 0.3 is 5.97 Å². The van der Waals surface area contributed by atoms with E-state index in [4.69, 9.17) is 33.4 Å². The first-order valence-corrected chi connectivity index (χ1v) is 5.07. The van der Waals surface area contributed by atoms with Gasteiger partial charge in [0.05, 0.1) is 13.0 Å². The Balaban J connectivity index is 2.96. The maximum Gasteiger partial charge on any atom is 0.304 e. The zero-order chi connectivity index (χ0) is 11.4. The van der Waals surface area contributed by atoms with Crippen molar-refractivity contribution in [1.29, 1.82) is 0 Å². The lowest BCUT2D eigenvalue weighted by Crippen LogP contribution is -2.10. The average Bonchev–Trinajstić information content (AvgIpc) is 2.14. The van der Waals surface area contributed by atoms with Gasteiger partial charge in [0.1, 0.15) is 0 Å². The topological polar surface area (TPSA) is 57.5 Å². The van der Waals surface area contributed by atoms with E-state index in [0.717, 1.165) is 0 Å². The molecule has 1 atom stereocenters. The van der Waals surface area contributed by atoms with Crippen LogP contribution >= 0.6 is 23.2 Å². The Kier molecular flexibility index (Phi) is 4.39. The summed E-state index contributed by atoms with van der Waals surface area (Å²) in [6.07, 6.45) is -0.155. The molecule has 3 nitrogen and oxygen atoms in total. The second kappa shape index (κ2) is 5.35. The molecule has 0 saturated heterocycles. The Morgan fingerprint density at radius 2 is 2.07 bits per heavy atom. The van der Waals surface area contributed by atoms with Crippen LogP contribution in [0.2, 0.25) is 10.0 Å². The van der Waals surface area contributed by atoms with Gasteiger partial charge < -0.3 is 10.2 Å². The van der Waals surface area contributed by atoms with E-state index < -0.39 is 11.9 Å². The van der Waals surface area contributed by atoms with E-state index in [0.29, 0.717) is 15.6 Å². The number of rotatable bonds is 4. The molecule has 0 spiro atoms. The number of aliphatic hydroxyl groups is 1. The molecule has 0 aromatic heterocycles. The zero-order valence-corrected chi connectivity index (χ0v) is 9.29. The molecule has 5 heteroatoms. The highest BCUT2D eigenvalue weighted by atomic mass is 35.5. The van der Waals surface area contributed by atoms with Crippen molar-refractivity contribution in [3.8, 4) is 0 Å². The maximum atomic E-state index is 10.5. The third-order valence-corrected chi connectivity index (χ3v) is 2.61. The highest BCUT2D eigenvalue weighted by Crippen LogP contribution is 2.29. The summed E-state index contributed by atoms with van der Waals surface area (Å²) in [6, 6.07) is 4.78. The second-order valence-corrected chi connectivity index (χ2v) is 3.99. The van der Waals surface area contributed by atoms with Crippen molar-refractivity contribution in [3.05, 3.63) is 33.8 Å². The van der Waals surface area contributed by atoms with Crippen LogP contribution in [0.5, 0.6) is 0 Å². The summed E-state index contributed by atoms with van der Waals surface area (Å²) in [7, 11) is 0. The van der Waals surface area contributed by atoms with Crippen LogP contribution in [-0.4, -0.2) is 22.8 Å². The highest BCUT2D eigenvalue weighted by Gasteiger charge is 2.17. The molecule has 15 heavy (non-hydrogen) atoms. The molecule has 0 bridgehead atoms. The quantitative estimate of drug-likeness (QED) is 0.862. The molecular weight excluding hydrogens is 239 g/mol. The maximum absolute atomic E-state index is 10.5. The molecule has 0 fully saturated rings. The van der Waals surface area contributed by atoms with Gasteiger partial charge in [0.2, 0.25) is 0 Å². The molecule has 0 saturated carbocycles. The lowest BCUT2D eigenvalue weighted by molar-refractivity contribution is -0.137. The number of aliphatic carboxylic acids is 1. The largest absolute Gasteiger partial charge is 0.481 e. The fraction of sp³-hybridized carbons (Fsp3) is 0.300. The highest BCUT2D eigenvalue weighted by molar-refractivity contribution is 6.35. The third kappa shape index (κ3) is 3.38. The van der Waals surface area contributed by atoms with Crippen molar-refractivity contribution in [2.24, 2.45) is 0 Å². The van der Waals surface area contributed by atoms with Crippen molar-refractivity contribution >= 4 is 29.2 Å². The average molecular weight is 249 g/mol. The zero-order valence-electron chi connectivity index (χ0n) is 7.78. The Labute approximate surface area is 97.2 Å². The van der Waals surface area contributed by atoms with Gasteiger partial charge in [0.25, 0.3) is 0 Å². The van der Waals surface area contributed by atoms with Gasteiger partial charge in [0, 0.05) is 16.0 Å². The summed E-state index contributed by atoms with van der Waals surface area (Å²) in [5.41, 5.74) is 0.603. The van der Waals surface area contributed by atoms with Gasteiger partial charge in [-0.2, -0.15) is 0 Å². The van der Waals surface area contributed by atoms with Crippen molar-refractivity contribution in [3.63, 3.8) is 0 Å². The summed E-state index contributed by atoms with van der Waals surface area (Å²) < 4.78 is 0. The van der Waals surface area contributed by atoms with Crippen LogP contribution in [-0.2, 0) is 4.79 Å².